The Bertz CT molecular complexity index is 603. The van der Waals surface area contributed by atoms with Gasteiger partial charge in [0.15, 0.2) is 0 Å². The summed E-state index contributed by atoms with van der Waals surface area (Å²) < 4.78 is 24.2. The van der Waals surface area contributed by atoms with Crippen molar-refractivity contribution in [1.82, 2.24) is 10.5 Å². The SMILES string of the molecule is Cc1cc(COc2cc(F)cc(CNC(C)(C)C)c2)no1. The van der Waals surface area contributed by atoms with Crippen molar-refractivity contribution in [1.29, 1.82) is 0 Å². The summed E-state index contributed by atoms with van der Waals surface area (Å²) in [5, 5.41) is 7.16. The number of halogens is 1. The summed E-state index contributed by atoms with van der Waals surface area (Å²) in [5.41, 5.74) is 1.51. The molecule has 2 aromatic rings. The zero-order valence-electron chi connectivity index (χ0n) is 12.9. The number of hydrogen-bond donors (Lipinski definition) is 1. The van der Waals surface area contributed by atoms with Gasteiger partial charge in [-0.2, -0.15) is 0 Å². The lowest BCUT2D eigenvalue weighted by atomic mass is 10.1. The molecule has 0 atom stereocenters. The number of benzene rings is 1. The molecule has 1 aromatic heterocycles. The minimum absolute atomic E-state index is 0.0222. The molecule has 114 valence electrons. The molecule has 0 unspecified atom stereocenters. The number of aryl methyl sites for hydroxylation is 1. The van der Waals surface area contributed by atoms with Gasteiger partial charge in [-0.25, -0.2) is 4.39 Å². The Kier molecular flexibility index (Phi) is 4.63. The number of aromatic nitrogens is 1. The van der Waals surface area contributed by atoms with Gasteiger partial charge < -0.3 is 14.6 Å². The van der Waals surface area contributed by atoms with Crippen LogP contribution in [0, 0.1) is 12.7 Å². The number of rotatable bonds is 5. The summed E-state index contributed by atoms with van der Waals surface area (Å²) in [6, 6.07) is 6.50. The fourth-order valence-electron chi connectivity index (χ4n) is 1.82. The van der Waals surface area contributed by atoms with Crippen molar-refractivity contribution < 1.29 is 13.7 Å². The first-order valence-corrected chi connectivity index (χ1v) is 6.91. The molecule has 0 spiro atoms. The van der Waals surface area contributed by atoms with Crippen LogP contribution in [0.5, 0.6) is 5.75 Å². The second-order valence-electron chi connectivity index (χ2n) is 6.12. The second kappa shape index (κ2) is 6.26. The average Bonchev–Trinajstić information content (AvgIpc) is 2.79. The second-order valence-corrected chi connectivity index (χ2v) is 6.12. The molecule has 21 heavy (non-hydrogen) atoms. The summed E-state index contributed by atoms with van der Waals surface area (Å²) in [7, 11) is 0. The lowest BCUT2D eigenvalue weighted by molar-refractivity contribution is 0.286. The number of hydrogen-bond acceptors (Lipinski definition) is 4. The molecule has 0 amide bonds. The molecule has 0 fully saturated rings. The van der Waals surface area contributed by atoms with E-state index < -0.39 is 0 Å². The van der Waals surface area contributed by atoms with Crippen LogP contribution in [-0.4, -0.2) is 10.7 Å². The Morgan fingerprint density at radius 2 is 2.00 bits per heavy atom. The first-order chi connectivity index (χ1) is 9.82. The van der Waals surface area contributed by atoms with Crippen molar-refractivity contribution in [3.63, 3.8) is 0 Å². The molecular formula is C16H21FN2O2. The zero-order valence-corrected chi connectivity index (χ0v) is 12.9. The first-order valence-electron chi connectivity index (χ1n) is 6.91. The fraction of sp³-hybridized carbons (Fsp3) is 0.438. The van der Waals surface area contributed by atoms with Crippen LogP contribution in [0.25, 0.3) is 0 Å². The molecule has 0 aliphatic rings. The van der Waals surface area contributed by atoms with Gasteiger partial charge in [-0.1, -0.05) is 5.16 Å². The van der Waals surface area contributed by atoms with Crippen LogP contribution in [0.15, 0.2) is 28.8 Å². The number of nitrogens with one attached hydrogen (secondary N) is 1. The highest BCUT2D eigenvalue weighted by atomic mass is 19.1. The normalized spacial score (nSPS) is 11.7. The molecule has 0 bridgehead atoms. The number of nitrogens with zero attached hydrogens (tertiary/aromatic N) is 1. The standard InChI is InChI=1S/C16H21FN2O2/c1-11-5-14(19-21-11)10-20-15-7-12(6-13(17)8-15)9-18-16(2,3)4/h5-8,18H,9-10H2,1-4H3. The van der Waals surface area contributed by atoms with Crippen molar-refractivity contribution in [2.24, 2.45) is 0 Å². The molecule has 0 radical (unpaired) electrons. The van der Waals surface area contributed by atoms with Crippen LogP contribution in [0.4, 0.5) is 4.39 Å². The largest absolute Gasteiger partial charge is 0.487 e. The summed E-state index contributed by atoms with van der Waals surface area (Å²) >= 11 is 0. The van der Waals surface area contributed by atoms with Crippen molar-refractivity contribution in [2.45, 2.75) is 46.4 Å². The van der Waals surface area contributed by atoms with Crippen LogP contribution < -0.4 is 10.1 Å². The van der Waals surface area contributed by atoms with E-state index in [0.717, 1.165) is 11.3 Å². The van der Waals surface area contributed by atoms with E-state index in [1.807, 2.05) is 13.0 Å². The van der Waals surface area contributed by atoms with Crippen LogP contribution in [-0.2, 0) is 13.2 Å². The maximum Gasteiger partial charge on any atom is 0.134 e. The van der Waals surface area contributed by atoms with Crippen molar-refractivity contribution >= 4 is 0 Å². The molecule has 0 saturated heterocycles. The Morgan fingerprint density at radius 1 is 1.24 bits per heavy atom. The highest BCUT2D eigenvalue weighted by Crippen LogP contribution is 2.18. The van der Waals surface area contributed by atoms with E-state index in [9.17, 15) is 4.39 Å². The summed E-state index contributed by atoms with van der Waals surface area (Å²) in [6.45, 7) is 8.85. The highest BCUT2D eigenvalue weighted by molar-refractivity contribution is 5.30. The highest BCUT2D eigenvalue weighted by Gasteiger charge is 2.10. The topological polar surface area (TPSA) is 47.3 Å². The van der Waals surface area contributed by atoms with Crippen LogP contribution >= 0.6 is 0 Å². The van der Waals surface area contributed by atoms with E-state index in [-0.39, 0.29) is 18.0 Å². The summed E-state index contributed by atoms with van der Waals surface area (Å²) in [4.78, 5) is 0. The molecular weight excluding hydrogens is 271 g/mol. The van der Waals surface area contributed by atoms with E-state index in [1.165, 1.54) is 12.1 Å². The predicted octanol–water partition coefficient (Wildman–Crippen LogP) is 3.59. The zero-order chi connectivity index (χ0) is 15.5. The van der Waals surface area contributed by atoms with E-state index in [2.05, 4.69) is 31.2 Å². The van der Waals surface area contributed by atoms with Gasteiger partial charge in [0.2, 0.25) is 0 Å². The van der Waals surface area contributed by atoms with Gasteiger partial charge in [-0.15, -0.1) is 0 Å². The Labute approximate surface area is 124 Å². The molecule has 5 heteroatoms. The van der Waals surface area contributed by atoms with Crippen LogP contribution in [0.1, 0.15) is 37.8 Å². The third-order valence-corrected chi connectivity index (χ3v) is 2.82. The maximum absolute atomic E-state index is 13.6. The predicted molar refractivity (Wildman–Crippen MR) is 78.6 cm³/mol. The Morgan fingerprint density at radius 3 is 2.62 bits per heavy atom. The first kappa shape index (κ1) is 15.5. The summed E-state index contributed by atoms with van der Waals surface area (Å²) in [6.07, 6.45) is 0. The lowest BCUT2D eigenvalue weighted by Crippen LogP contribution is -2.35. The molecule has 0 saturated carbocycles. The molecule has 0 aliphatic carbocycles. The van der Waals surface area contributed by atoms with Crippen LogP contribution in [0.2, 0.25) is 0 Å². The van der Waals surface area contributed by atoms with Gasteiger partial charge >= 0.3 is 0 Å². The minimum atomic E-state index is -0.311. The van der Waals surface area contributed by atoms with E-state index in [0.29, 0.717) is 18.0 Å². The third-order valence-electron chi connectivity index (χ3n) is 2.82. The Balaban J connectivity index is 2.01. The minimum Gasteiger partial charge on any atom is -0.487 e. The van der Waals surface area contributed by atoms with Crippen LogP contribution in [0.3, 0.4) is 0 Å². The number of ether oxygens (including phenoxy) is 1. The summed E-state index contributed by atoms with van der Waals surface area (Å²) in [5.74, 6) is 0.902. The molecule has 1 N–H and O–H groups in total. The van der Waals surface area contributed by atoms with Gasteiger partial charge in [0.05, 0.1) is 0 Å². The molecule has 4 nitrogen and oxygen atoms in total. The maximum atomic E-state index is 13.6. The smallest absolute Gasteiger partial charge is 0.134 e. The molecule has 1 aromatic carbocycles. The van der Waals surface area contributed by atoms with Gasteiger partial charge in [0.1, 0.15) is 29.6 Å². The van der Waals surface area contributed by atoms with E-state index in [1.54, 1.807) is 6.07 Å². The average molecular weight is 292 g/mol. The molecule has 2 rings (SSSR count). The van der Waals surface area contributed by atoms with Crippen molar-refractivity contribution in [3.8, 4) is 5.75 Å². The van der Waals surface area contributed by atoms with Gasteiger partial charge in [-0.3, -0.25) is 0 Å². The Hall–Kier alpha value is -1.88. The van der Waals surface area contributed by atoms with Gasteiger partial charge in [0, 0.05) is 24.2 Å². The molecule has 0 aliphatic heterocycles. The quantitative estimate of drug-likeness (QED) is 0.915. The third kappa shape index (κ3) is 5.19. The lowest BCUT2D eigenvalue weighted by Gasteiger charge is -2.20. The van der Waals surface area contributed by atoms with Gasteiger partial charge in [0.25, 0.3) is 0 Å². The fourth-order valence-corrected chi connectivity index (χ4v) is 1.82. The van der Waals surface area contributed by atoms with E-state index in [4.69, 9.17) is 9.26 Å². The monoisotopic (exact) mass is 292 g/mol. The van der Waals surface area contributed by atoms with E-state index >= 15 is 0 Å². The molecule has 1 heterocycles. The van der Waals surface area contributed by atoms with Crippen molar-refractivity contribution in [2.75, 3.05) is 0 Å². The van der Waals surface area contributed by atoms with Gasteiger partial charge in [-0.05, 0) is 45.4 Å². The van der Waals surface area contributed by atoms with Crippen molar-refractivity contribution in [3.05, 3.63) is 47.1 Å².